The Kier molecular flexibility index (Phi) is 16.8. The molecule has 0 aliphatic rings. The van der Waals surface area contributed by atoms with Gasteiger partial charge in [0.1, 0.15) is 0 Å². The van der Waals surface area contributed by atoms with Crippen molar-refractivity contribution in [1.29, 1.82) is 0 Å². The third-order valence-corrected chi connectivity index (χ3v) is 4.06. The second kappa shape index (κ2) is 16.9. The quantitative estimate of drug-likeness (QED) is 0.378. The lowest BCUT2D eigenvalue weighted by Crippen LogP contribution is -2.19. The summed E-state index contributed by atoms with van der Waals surface area (Å²) in [6, 6.07) is 0.432. The average Bonchev–Trinajstić information content (AvgIpc) is 2.45. The minimum Gasteiger partial charge on any atom is -0.330 e. The molecule has 1 atom stereocenters. The molecule has 0 fully saturated rings. The SMILES string of the molecule is NCCCCCCCCCC(N)CCCCCCCN. The molecule has 1 unspecified atom stereocenters. The van der Waals surface area contributed by atoms with Gasteiger partial charge in [0.05, 0.1) is 0 Å². The summed E-state index contributed by atoms with van der Waals surface area (Å²) in [5, 5.41) is 0. The summed E-state index contributed by atoms with van der Waals surface area (Å²) in [6.45, 7) is 1.69. The lowest BCUT2D eigenvalue weighted by molar-refractivity contribution is 0.483. The van der Waals surface area contributed by atoms with Crippen LogP contribution >= 0.6 is 0 Å². The molecule has 0 aromatic heterocycles. The number of nitrogens with two attached hydrogens (primary N) is 3. The molecule has 0 amide bonds. The van der Waals surface area contributed by atoms with Gasteiger partial charge in [0.15, 0.2) is 0 Å². The molecule has 0 bridgehead atoms. The van der Waals surface area contributed by atoms with Gasteiger partial charge in [-0.05, 0) is 38.8 Å². The third-order valence-electron chi connectivity index (χ3n) is 4.06. The smallest absolute Gasteiger partial charge is 0.00388 e. The van der Waals surface area contributed by atoms with Gasteiger partial charge in [0.2, 0.25) is 0 Å². The summed E-state index contributed by atoms with van der Waals surface area (Å²) in [6.07, 6.45) is 18.1. The van der Waals surface area contributed by atoms with Crippen molar-refractivity contribution in [2.24, 2.45) is 17.2 Å². The van der Waals surface area contributed by atoms with E-state index in [-0.39, 0.29) is 0 Å². The van der Waals surface area contributed by atoms with E-state index in [9.17, 15) is 0 Å². The van der Waals surface area contributed by atoms with E-state index in [1.807, 2.05) is 0 Å². The molecule has 0 aliphatic carbocycles. The van der Waals surface area contributed by atoms with E-state index >= 15 is 0 Å². The monoisotopic (exact) mass is 285 g/mol. The first-order chi connectivity index (χ1) is 9.81. The predicted molar refractivity (Wildman–Crippen MR) is 90.7 cm³/mol. The van der Waals surface area contributed by atoms with Gasteiger partial charge in [-0.3, -0.25) is 0 Å². The number of unbranched alkanes of at least 4 members (excludes halogenated alkanes) is 10. The summed E-state index contributed by atoms with van der Waals surface area (Å²) in [5.41, 5.74) is 17.1. The predicted octanol–water partition coefficient (Wildman–Crippen LogP) is 3.69. The Hall–Kier alpha value is -0.120. The van der Waals surface area contributed by atoms with Crippen molar-refractivity contribution in [2.45, 2.75) is 95.9 Å². The van der Waals surface area contributed by atoms with Crippen LogP contribution in [0.4, 0.5) is 0 Å². The Balaban J connectivity index is 3.10. The van der Waals surface area contributed by atoms with Crippen molar-refractivity contribution >= 4 is 0 Å². The molecule has 0 rings (SSSR count). The van der Waals surface area contributed by atoms with Crippen LogP contribution in [0.1, 0.15) is 89.9 Å². The molecule has 0 aromatic rings. The van der Waals surface area contributed by atoms with Crippen LogP contribution in [-0.2, 0) is 0 Å². The molecule has 0 radical (unpaired) electrons. The van der Waals surface area contributed by atoms with E-state index in [4.69, 9.17) is 17.2 Å². The fraction of sp³-hybridized carbons (Fsp3) is 1.00. The van der Waals surface area contributed by atoms with Crippen LogP contribution in [0.15, 0.2) is 0 Å². The molecule has 3 nitrogen and oxygen atoms in total. The topological polar surface area (TPSA) is 78.1 Å². The van der Waals surface area contributed by atoms with Gasteiger partial charge in [0, 0.05) is 6.04 Å². The van der Waals surface area contributed by atoms with Crippen molar-refractivity contribution in [3.05, 3.63) is 0 Å². The first-order valence-corrected chi connectivity index (χ1v) is 8.97. The minimum atomic E-state index is 0.432. The van der Waals surface area contributed by atoms with Crippen LogP contribution < -0.4 is 17.2 Å². The van der Waals surface area contributed by atoms with Gasteiger partial charge in [-0.25, -0.2) is 0 Å². The van der Waals surface area contributed by atoms with Gasteiger partial charge in [-0.15, -0.1) is 0 Å². The lowest BCUT2D eigenvalue weighted by atomic mass is 10.0. The van der Waals surface area contributed by atoms with E-state index in [1.165, 1.54) is 89.9 Å². The molecule has 3 heteroatoms. The zero-order chi connectivity index (χ0) is 14.9. The van der Waals surface area contributed by atoms with Gasteiger partial charge in [-0.1, -0.05) is 64.2 Å². The van der Waals surface area contributed by atoms with Gasteiger partial charge < -0.3 is 17.2 Å². The normalized spacial score (nSPS) is 12.8. The van der Waals surface area contributed by atoms with Crippen molar-refractivity contribution in [3.8, 4) is 0 Å². The highest BCUT2D eigenvalue weighted by Crippen LogP contribution is 2.12. The maximum atomic E-state index is 6.16. The van der Waals surface area contributed by atoms with Gasteiger partial charge in [0.25, 0.3) is 0 Å². The first-order valence-electron chi connectivity index (χ1n) is 8.97. The Morgan fingerprint density at radius 2 is 0.750 bits per heavy atom. The standard InChI is InChI=1S/C17H39N3/c18-15-11-7-3-1-2-5-9-13-17(20)14-10-6-4-8-12-16-19/h17H,1-16,18-20H2. The maximum Gasteiger partial charge on any atom is 0.00388 e. The maximum absolute atomic E-state index is 6.16. The average molecular weight is 286 g/mol. The molecule has 0 spiro atoms. The van der Waals surface area contributed by atoms with Crippen molar-refractivity contribution in [3.63, 3.8) is 0 Å². The zero-order valence-electron chi connectivity index (χ0n) is 13.6. The molecular weight excluding hydrogens is 246 g/mol. The van der Waals surface area contributed by atoms with E-state index in [2.05, 4.69) is 0 Å². The Morgan fingerprint density at radius 3 is 1.10 bits per heavy atom. The van der Waals surface area contributed by atoms with Gasteiger partial charge in [-0.2, -0.15) is 0 Å². The fourth-order valence-corrected chi connectivity index (χ4v) is 2.66. The van der Waals surface area contributed by atoms with Crippen LogP contribution in [0.5, 0.6) is 0 Å². The second-order valence-electron chi connectivity index (χ2n) is 6.16. The Morgan fingerprint density at radius 1 is 0.450 bits per heavy atom. The minimum absolute atomic E-state index is 0.432. The highest BCUT2D eigenvalue weighted by molar-refractivity contribution is 4.62. The molecule has 0 heterocycles. The number of rotatable bonds is 16. The molecule has 0 aromatic carbocycles. The van der Waals surface area contributed by atoms with Crippen molar-refractivity contribution in [2.75, 3.05) is 13.1 Å². The van der Waals surface area contributed by atoms with E-state index in [0.717, 1.165) is 13.1 Å². The molecule has 0 saturated heterocycles. The molecule has 20 heavy (non-hydrogen) atoms. The van der Waals surface area contributed by atoms with Gasteiger partial charge >= 0.3 is 0 Å². The van der Waals surface area contributed by atoms with Crippen LogP contribution in [0.2, 0.25) is 0 Å². The van der Waals surface area contributed by atoms with Crippen LogP contribution in [0.25, 0.3) is 0 Å². The molecule has 0 aliphatic heterocycles. The lowest BCUT2D eigenvalue weighted by Gasteiger charge is -2.11. The van der Waals surface area contributed by atoms with E-state index in [1.54, 1.807) is 0 Å². The highest BCUT2D eigenvalue weighted by Gasteiger charge is 2.02. The molecule has 6 N–H and O–H groups in total. The van der Waals surface area contributed by atoms with Crippen LogP contribution in [-0.4, -0.2) is 19.1 Å². The Labute approximate surface area is 127 Å². The summed E-state index contributed by atoms with van der Waals surface area (Å²) in [4.78, 5) is 0. The first kappa shape index (κ1) is 19.9. The highest BCUT2D eigenvalue weighted by atomic mass is 14.6. The summed E-state index contributed by atoms with van der Waals surface area (Å²) >= 11 is 0. The molecule has 122 valence electrons. The van der Waals surface area contributed by atoms with Crippen molar-refractivity contribution < 1.29 is 0 Å². The third kappa shape index (κ3) is 15.9. The molecular formula is C17H39N3. The summed E-state index contributed by atoms with van der Waals surface area (Å²) in [5.74, 6) is 0. The number of hydrogen-bond acceptors (Lipinski definition) is 3. The zero-order valence-corrected chi connectivity index (χ0v) is 13.6. The van der Waals surface area contributed by atoms with Crippen molar-refractivity contribution in [1.82, 2.24) is 0 Å². The second-order valence-corrected chi connectivity index (χ2v) is 6.16. The van der Waals surface area contributed by atoms with E-state index in [0.29, 0.717) is 6.04 Å². The van der Waals surface area contributed by atoms with Crippen LogP contribution in [0.3, 0.4) is 0 Å². The largest absolute Gasteiger partial charge is 0.330 e. The summed E-state index contributed by atoms with van der Waals surface area (Å²) in [7, 11) is 0. The number of hydrogen-bond donors (Lipinski definition) is 3. The molecule has 0 saturated carbocycles. The summed E-state index contributed by atoms with van der Waals surface area (Å²) < 4.78 is 0. The fourth-order valence-electron chi connectivity index (χ4n) is 2.66. The van der Waals surface area contributed by atoms with E-state index < -0.39 is 0 Å². The Bertz CT molecular complexity index is 174. The van der Waals surface area contributed by atoms with Crippen LogP contribution in [0, 0.1) is 0 Å².